The molecule has 0 heterocycles. The minimum absolute atomic E-state index is 0.230. The van der Waals surface area contributed by atoms with Crippen LogP contribution in [0.15, 0.2) is 23.3 Å². The quantitative estimate of drug-likeness (QED) is 0.380. The molecule has 0 bridgehead atoms. The smallest absolute Gasteiger partial charge is 0.335 e. The number of carboxylic acids is 1. The van der Waals surface area contributed by atoms with Crippen LogP contribution in [-0.4, -0.2) is 39.1 Å². The Morgan fingerprint density at radius 3 is 2.16 bits per heavy atom. The van der Waals surface area contributed by atoms with Crippen LogP contribution < -0.4 is 0 Å². The molecule has 8 heteroatoms. The molecule has 0 saturated heterocycles. The zero-order chi connectivity index (χ0) is 15.2. The lowest BCUT2D eigenvalue weighted by atomic mass is 10.2. The molecule has 0 rings (SSSR count). The maximum Gasteiger partial charge on any atom is 0.335 e. The SMILES string of the molecule is CC=C(C)C(=O)OCC(C=C(C)C(=O)O)P(=O)(O)O. The van der Waals surface area contributed by atoms with Crippen molar-refractivity contribution < 1.29 is 33.8 Å². The fraction of sp³-hybridized carbons (Fsp3) is 0.455. The first kappa shape index (κ1) is 17.6. The van der Waals surface area contributed by atoms with E-state index in [0.717, 1.165) is 6.08 Å². The summed E-state index contributed by atoms with van der Waals surface area (Å²) in [7, 11) is -4.60. The molecule has 0 aliphatic rings. The first-order chi connectivity index (χ1) is 8.59. The van der Waals surface area contributed by atoms with Gasteiger partial charge in [-0.2, -0.15) is 0 Å². The summed E-state index contributed by atoms with van der Waals surface area (Å²) in [5, 5.41) is 8.66. The van der Waals surface area contributed by atoms with E-state index < -0.39 is 31.8 Å². The second-order valence-corrected chi connectivity index (χ2v) is 5.72. The minimum atomic E-state index is -4.60. The number of esters is 1. The summed E-state index contributed by atoms with van der Waals surface area (Å²) in [4.78, 5) is 40.1. The van der Waals surface area contributed by atoms with Crippen molar-refractivity contribution in [2.24, 2.45) is 0 Å². The van der Waals surface area contributed by atoms with Crippen molar-refractivity contribution in [3.63, 3.8) is 0 Å². The Balaban J connectivity index is 4.93. The van der Waals surface area contributed by atoms with Gasteiger partial charge in [-0.1, -0.05) is 12.2 Å². The average molecular weight is 292 g/mol. The van der Waals surface area contributed by atoms with Crippen molar-refractivity contribution >= 4 is 19.5 Å². The van der Waals surface area contributed by atoms with Crippen LogP contribution in [0.3, 0.4) is 0 Å². The van der Waals surface area contributed by atoms with E-state index >= 15 is 0 Å². The van der Waals surface area contributed by atoms with E-state index in [1.54, 1.807) is 6.92 Å². The number of carbonyl (C=O) groups excluding carboxylic acids is 1. The van der Waals surface area contributed by atoms with E-state index in [2.05, 4.69) is 0 Å². The van der Waals surface area contributed by atoms with Gasteiger partial charge in [0.15, 0.2) is 0 Å². The maximum atomic E-state index is 11.3. The third-order valence-corrected chi connectivity index (χ3v) is 3.51. The average Bonchev–Trinajstić information content (AvgIpc) is 2.30. The number of carboxylic acid groups (broad SMARTS) is 1. The molecule has 7 nitrogen and oxygen atoms in total. The van der Waals surface area contributed by atoms with Gasteiger partial charge >= 0.3 is 19.5 Å². The number of rotatable bonds is 6. The molecule has 0 aromatic rings. The number of hydrogen-bond acceptors (Lipinski definition) is 4. The summed E-state index contributed by atoms with van der Waals surface area (Å²) in [5.41, 5.74) is -1.41. The number of allylic oxidation sites excluding steroid dienone is 1. The molecule has 1 unspecified atom stereocenters. The van der Waals surface area contributed by atoms with Crippen molar-refractivity contribution in [3.8, 4) is 0 Å². The van der Waals surface area contributed by atoms with E-state index in [-0.39, 0.29) is 5.57 Å². The minimum Gasteiger partial charge on any atom is -0.478 e. The zero-order valence-corrected chi connectivity index (χ0v) is 11.8. The Morgan fingerprint density at radius 1 is 1.26 bits per heavy atom. The highest BCUT2D eigenvalue weighted by molar-refractivity contribution is 7.52. The van der Waals surface area contributed by atoms with Gasteiger partial charge in [-0.15, -0.1) is 0 Å². The van der Waals surface area contributed by atoms with Crippen LogP contribution in [0.1, 0.15) is 20.8 Å². The summed E-state index contributed by atoms with van der Waals surface area (Å²) in [6.45, 7) is 3.72. The summed E-state index contributed by atoms with van der Waals surface area (Å²) in [5.74, 6) is -2.00. The molecule has 0 spiro atoms. The molecule has 19 heavy (non-hydrogen) atoms. The van der Waals surface area contributed by atoms with Crippen LogP contribution >= 0.6 is 7.60 Å². The second kappa shape index (κ2) is 7.23. The molecule has 0 aliphatic carbocycles. The van der Waals surface area contributed by atoms with Crippen LogP contribution in [0.4, 0.5) is 0 Å². The summed E-state index contributed by atoms with van der Waals surface area (Å²) >= 11 is 0. The lowest BCUT2D eigenvalue weighted by Crippen LogP contribution is -2.19. The zero-order valence-electron chi connectivity index (χ0n) is 10.9. The highest BCUT2D eigenvalue weighted by Crippen LogP contribution is 2.42. The van der Waals surface area contributed by atoms with E-state index in [1.807, 2.05) is 0 Å². The van der Waals surface area contributed by atoms with Gasteiger partial charge in [0.25, 0.3) is 0 Å². The largest absolute Gasteiger partial charge is 0.478 e. The summed E-state index contributed by atoms with van der Waals surface area (Å²) < 4.78 is 15.9. The third-order valence-electron chi connectivity index (χ3n) is 2.35. The van der Waals surface area contributed by atoms with Crippen LogP contribution in [0.2, 0.25) is 0 Å². The van der Waals surface area contributed by atoms with Crippen LogP contribution in [0.25, 0.3) is 0 Å². The van der Waals surface area contributed by atoms with Gasteiger partial charge in [0.2, 0.25) is 0 Å². The van der Waals surface area contributed by atoms with Gasteiger partial charge in [0, 0.05) is 11.1 Å². The summed E-state index contributed by atoms with van der Waals surface area (Å²) in [6, 6.07) is 0. The number of aliphatic carboxylic acids is 1. The van der Waals surface area contributed by atoms with Gasteiger partial charge in [0.05, 0.1) is 0 Å². The molecule has 0 amide bonds. The van der Waals surface area contributed by atoms with Gasteiger partial charge in [-0.3, -0.25) is 4.57 Å². The van der Waals surface area contributed by atoms with Gasteiger partial charge in [0.1, 0.15) is 12.3 Å². The van der Waals surface area contributed by atoms with Crippen LogP contribution in [-0.2, 0) is 18.9 Å². The molecule has 0 aliphatic heterocycles. The number of ether oxygens (including phenoxy) is 1. The van der Waals surface area contributed by atoms with Crippen LogP contribution in [0.5, 0.6) is 0 Å². The van der Waals surface area contributed by atoms with E-state index in [1.165, 1.54) is 19.9 Å². The Morgan fingerprint density at radius 2 is 1.79 bits per heavy atom. The normalized spacial score (nSPS) is 15.0. The highest BCUT2D eigenvalue weighted by Gasteiger charge is 2.29. The molecule has 0 fully saturated rings. The number of hydrogen-bond donors (Lipinski definition) is 3. The van der Waals surface area contributed by atoms with Crippen molar-refractivity contribution in [2.45, 2.75) is 26.4 Å². The Bertz CT molecular complexity index is 458. The van der Waals surface area contributed by atoms with Crippen LogP contribution in [0, 0.1) is 0 Å². The Hall–Kier alpha value is -1.43. The maximum absolute atomic E-state index is 11.3. The monoisotopic (exact) mass is 292 g/mol. The Labute approximate surface area is 110 Å². The van der Waals surface area contributed by atoms with Gasteiger partial charge in [-0.05, 0) is 20.8 Å². The van der Waals surface area contributed by atoms with Crippen molar-refractivity contribution in [3.05, 3.63) is 23.3 Å². The van der Waals surface area contributed by atoms with Crippen molar-refractivity contribution in [1.29, 1.82) is 0 Å². The molecule has 3 N–H and O–H groups in total. The van der Waals surface area contributed by atoms with E-state index in [0.29, 0.717) is 5.57 Å². The summed E-state index contributed by atoms with van der Waals surface area (Å²) in [6.07, 6.45) is 2.38. The first-order valence-corrected chi connectivity index (χ1v) is 7.04. The molecule has 108 valence electrons. The molecule has 1 atom stereocenters. The molecular formula is C11H17O7P. The Kier molecular flexibility index (Phi) is 6.69. The predicted octanol–water partition coefficient (Wildman–Crippen LogP) is 1.07. The van der Waals surface area contributed by atoms with Crippen molar-refractivity contribution in [1.82, 2.24) is 0 Å². The standard InChI is InChI=1S/C11H17O7P/c1-4-7(2)11(14)18-6-9(19(15,16)17)5-8(3)10(12)13/h4-5,9H,6H2,1-3H3,(H,12,13)(H2,15,16,17). The fourth-order valence-corrected chi connectivity index (χ4v) is 1.68. The lowest BCUT2D eigenvalue weighted by molar-refractivity contribution is -0.138. The number of carbonyl (C=O) groups is 2. The third kappa shape index (κ3) is 6.33. The topological polar surface area (TPSA) is 121 Å². The molecular weight excluding hydrogens is 275 g/mol. The van der Waals surface area contributed by atoms with E-state index in [4.69, 9.17) is 19.6 Å². The first-order valence-electron chi connectivity index (χ1n) is 5.36. The molecule has 0 aromatic heterocycles. The predicted molar refractivity (Wildman–Crippen MR) is 67.6 cm³/mol. The van der Waals surface area contributed by atoms with Crippen molar-refractivity contribution in [2.75, 3.05) is 6.61 Å². The lowest BCUT2D eigenvalue weighted by Gasteiger charge is -2.15. The van der Waals surface area contributed by atoms with Gasteiger partial charge < -0.3 is 19.6 Å². The van der Waals surface area contributed by atoms with Gasteiger partial charge in [-0.25, -0.2) is 9.59 Å². The molecule has 0 saturated carbocycles. The molecule has 0 radical (unpaired) electrons. The fourth-order valence-electron chi connectivity index (χ4n) is 0.995. The van der Waals surface area contributed by atoms with E-state index in [9.17, 15) is 14.2 Å². The molecule has 0 aromatic carbocycles. The highest BCUT2D eigenvalue weighted by atomic mass is 31.2. The second-order valence-electron chi connectivity index (χ2n) is 3.88.